The van der Waals surface area contributed by atoms with Crippen molar-refractivity contribution in [2.24, 2.45) is 0 Å². The second kappa shape index (κ2) is 2.55. The van der Waals surface area contributed by atoms with E-state index in [0.29, 0.717) is 0 Å². The highest BCUT2D eigenvalue weighted by atomic mass is 32.1. The maximum absolute atomic E-state index is 4.84. The lowest BCUT2D eigenvalue weighted by molar-refractivity contribution is -0.0300. The third-order valence-electron chi connectivity index (χ3n) is 0.352. The van der Waals surface area contributed by atoms with Gasteiger partial charge >= 0.3 is 0 Å². The van der Waals surface area contributed by atoms with Crippen LogP contribution in [-0.2, 0) is 4.84 Å². The Bertz CT molecular complexity index is 50.1. The molecule has 1 N–H and O–H groups in total. The Kier molecular flexibility index (Phi) is 2.64. The molecule has 0 saturated carbocycles. The van der Waals surface area contributed by atoms with Gasteiger partial charge in [-0.3, -0.25) is 4.84 Å². The molecule has 0 aliphatic heterocycles. The molecule has 0 bridgehead atoms. The Balaban J connectivity index is 3.15. The quantitative estimate of drug-likeness (QED) is 0.401. The monoisotopic (exact) mass is 121 g/mol. The SMILES string of the molecule is CC(C)(C)ONS. The van der Waals surface area contributed by atoms with Gasteiger partial charge in [-0.1, -0.05) is 12.8 Å². The van der Waals surface area contributed by atoms with Gasteiger partial charge < -0.3 is 0 Å². The van der Waals surface area contributed by atoms with E-state index in [0.717, 1.165) is 0 Å². The Morgan fingerprint density at radius 2 is 1.86 bits per heavy atom. The van der Waals surface area contributed by atoms with Crippen LogP contribution in [0.5, 0.6) is 0 Å². The minimum atomic E-state index is -0.137. The van der Waals surface area contributed by atoms with Crippen molar-refractivity contribution in [3.8, 4) is 0 Å². The smallest absolute Gasteiger partial charge is 0.0823 e. The first-order valence-electron chi connectivity index (χ1n) is 2.13. The van der Waals surface area contributed by atoms with Crippen LogP contribution in [0.1, 0.15) is 20.8 Å². The maximum atomic E-state index is 4.84. The number of rotatable bonds is 1. The van der Waals surface area contributed by atoms with Crippen LogP contribution in [0.2, 0.25) is 0 Å². The van der Waals surface area contributed by atoms with Gasteiger partial charge in [0.2, 0.25) is 0 Å². The fraction of sp³-hybridized carbons (Fsp3) is 1.00. The van der Waals surface area contributed by atoms with Gasteiger partial charge in [0.05, 0.1) is 5.60 Å². The molecule has 0 heterocycles. The second-order valence-electron chi connectivity index (χ2n) is 2.31. The predicted octanol–water partition coefficient (Wildman–Crippen LogP) is 1.15. The van der Waals surface area contributed by atoms with Gasteiger partial charge in [-0.2, -0.15) is 0 Å². The topological polar surface area (TPSA) is 21.3 Å². The molecule has 0 amide bonds. The van der Waals surface area contributed by atoms with Gasteiger partial charge in [-0.05, 0) is 20.8 Å². The van der Waals surface area contributed by atoms with E-state index >= 15 is 0 Å². The van der Waals surface area contributed by atoms with Gasteiger partial charge in [0.15, 0.2) is 0 Å². The Morgan fingerprint density at radius 3 is 1.86 bits per heavy atom. The molecule has 2 nitrogen and oxygen atoms in total. The minimum absolute atomic E-state index is 0.137. The van der Waals surface area contributed by atoms with Crippen LogP contribution >= 0.6 is 12.8 Å². The highest BCUT2D eigenvalue weighted by molar-refractivity contribution is 7.77. The molecule has 0 aromatic rings. The zero-order chi connectivity index (χ0) is 5.91. The summed E-state index contributed by atoms with van der Waals surface area (Å²) in [5, 5.41) is 0. The molecule has 3 heteroatoms. The molecule has 0 saturated heterocycles. The van der Waals surface area contributed by atoms with Crippen LogP contribution in [0.25, 0.3) is 0 Å². The molecular weight excluding hydrogens is 110 g/mol. The molecule has 0 aliphatic rings. The van der Waals surface area contributed by atoms with E-state index in [9.17, 15) is 0 Å². The van der Waals surface area contributed by atoms with Crippen molar-refractivity contribution in [3.63, 3.8) is 0 Å². The molecule has 0 fully saturated rings. The lowest BCUT2D eigenvalue weighted by Gasteiger charge is -2.15. The van der Waals surface area contributed by atoms with Gasteiger partial charge in [0.25, 0.3) is 0 Å². The van der Waals surface area contributed by atoms with Crippen LogP contribution in [-0.4, -0.2) is 5.60 Å². The van der Waals surface area contributed by atoms with Crippen LogP contribution in [0.15, 0.2) is 0 Å². The third kappa shape index (κ3) is 6.27. The Labute approximate surface area is 49.7 Å². The van der Waals surface area contributed by atoms with Crippen molar-refractivity contribution in [2.45, 2.75) is 26.4 Å². The van der Waals surface area contributed by atoms with Crippen LogP contribution < -0.4 is 4.89 Å². The van der Waals surface area contributed by atoms with E-state index in [1.165, 1.54) is 0 Å². The van der Waals surface area contributed by atoms with Crippen molar-refractivity contribution in [1.82, 2.24) is 4.89 Å². The number of hydrogen-bond acceptors (Lipinski definition) is 3. The zero-order valence-corrected chi connectivity index (χ0v) is 5.75. The van der Waals surface area contributed by atoms with E-state index in [1.54, 1.807) is 0 Å². The molecule has 0 atom stereocenters. The average Bonchev–Trinajstić information content (AvgIpc) is 1.30. The minimum Gasteiger partial charge on any atom is -0.286 e. The highest BCUT2D eigenvalue weighted by Crippen LogP contribution is 2.02. The van der Waals surface area contributed by atoms with E-state index in [-0.39, 0.29) is 5.60 Å². The van der Waals surface area contributed by atoms with E-state index < -0.39 is 0 Å². The largest absolute Gasteiger partial charge is 0.286 e. The Hall–Kier alpha value is 0.270. The summed E-state index contributed by atoms with van der Waals surface area (Å²) in [6, 6.07) is 0. The average molecular weight is 121 g/mol. The zero-order valence-electron chi connectivity index (χ0n) is 4.86. The molecular formula is C4H11NOS. The molecule has 7 heavy (non-hydrogen) atoms. The third-order valence-corrected chi connectivity index (χ3v) is 0.443. The summed E-state index contributed by atoms with van der Waals surface area (Å²) in [4.78, 5) is 7.15. The summed E-state index contributed by atoms with van der Waals surface area (Å²) < 4.78 is 0. The van der Waals surface area contributed by atoms with E-state index in [4.69, 9.17) is 4.84 Å². The van der Waals surface area contributed by atoms with Crippen molar-refractivity contribution >= 4 is 12.8 Å². The number of nitrogens with one attached hydrogen (secondary N) is 1. The first-order valence-corrected chi connectivity index (χ1v) is 2.58. The summed E-state index contributed by atoms with van der Waals surface area (Å²) in [6.45, 7) is 5.82. The molecule has 0 aliphatic carbocycles. The van der Waals surface area contributed by atoms with Crippen molar-refractivity contribution in [2.75, 3.05) is 0 Å². The lowest BCUT2D eigenvalue weighted by atomic mass is 10.2. The first kappa shape index (κ1) is 7.27. The second-order valence-corrected chi connectivity index (χ2v) is 2.49. The molecule has 0 unspecified atom stereocenters. The van der Waals surface area contributed by atoms with Gasteiger partial charge in [-0.25, -0.2) is 0 Å². The maximum Gasteiger partial charge on any atom is 0.0823 e. The molecule has 44 valence electrons. The van der Waals surface area contributed by atoms with E-state index in [1.807, 2.05) is 20.8 Å². The molecule has 0 aromatic heterocycles. The number of hydrogen-bond donors (Lipinski definition) is 2. The highest BCUT2D eigenvalue weighted by Gasteiger charge is 2.07. The normalized spacial score (nSPS) is 12.0. The summed E-state index contributed by atoms with van der Waals surface area (Å²) in [5.74, 6) is 0. The molecule has 0 radical (unpaired) electrons. The predicted molar refractivity (Wildman–Crippen MR) is 33.0 cm³/mol. The molecule has 0 spiro atoms. The van der Waals surface area contributed by atoms with Crippen molar-refractivity contribution in [3.05, 3.63) is 0 Å². The van der Waals surface area contributed by atoms with Gasteiger partial charge in [0.1, 0.15) is 0 Å². The summed E-state index contributed by atoms with van der Waals surface area (Å²) in [6.07, 6.45) is 0. The standard InChI is InChI=1S/C4H11NOS/c1-4(2,3)6-5-7/h5,7H,1-3H3. The van der Waals surface area contributed by atoms with Crippen LogP contribution in [0.3, 0.4) is 0 Å². The van der Waals surface area contributed by atoms with Crippen LogP contribution in [0.4, 0.5) is 0 Å². The van der Waals surface area contributed by atoms with E-state index in [2.05, 4.69) is 17.7 Å². The summed E-state index contributed by atoms with van der Waals surface area (Å²) in [5.41, 5.74) is -0.137. The fourth-order valence-corrected chi connectivity index (χ4v) is 0.411. The fourth-order valence-electron chi connectivity index (χ4n) is 0.137. The summed E-state index contributed by atoms with van der Waals surface area (Å²) in [7, 11) is 0. The Morgan fingerprint density at radius 1 is 1.43 bits per heavy atom. The van der Waals surface area contributed by atoms with Crippen molar-refractivity contribution in [1.29, 1.82) is 0 Å². The molecule has 0 aromatic carbocycles. The number of thiol groups is 1. The van der Waals surface area contributed by atoms with Crippen molar-refractivity contribution < 1.29 is 4.84 Å². The molecule has 0 rings (SSSR count). The summed E-state index contributed by atoms with van der Waals surface area (Å²) >= 11 is 3.64. The van der Waals surface area contributed by atoms with Gasteiger partial charge in [0, 0.05) is 0 Å². The van der Waals surface area contributed by atoms with Crippen LogP contribution in [0, 0.1) is 0 Å². The van der Waals surface area contributed by atoms with Gasteiger partial charge in [-0.15, -0.1) is 4.89 Å². The lowest BCUT2D eigenvalue weighted by Crippen LogP contribution is -2.23. The first-order chi connectivity index (χ1) is 3.06.